The Hall–Kier alpha value is -0.960. The van der Waals surface area contributed by atoms with Gasteiger partial charge in [-0.2, -0.15) is 0 Å². The first-order valence-corrected chi connectivity index (χ1v) is 7.43. The van der Waals surface area contributed by atoms with E-state index in [0.717, 1.165) is 0 Å². The Morgan fingerprint density at radius 2 is 1.89 bits per heavy atom. The second kappa shape index (κ2) is 6.83. The molecule has 2 nitrogen and oxygen atoms in total. The van der Waals surface area contributed by atoms with Gasteiger partial charge in [0.1, 0.15) is 0 Å². The van der Waals surface area contributed by atoms with Crippen LogP contribution in [0.1, 0.15) is 43.5 Å². The van der Waals surface area contributed by atoms with Crippen molar-refractivity contribution in [2.24, 2.45) is 0 Å². The monoisotopic (exact) mass is 265 g/mol. The molecule has 0 aliphatic rings. The highest BCUT2D eigenvalue weighted by atomic mass is 32.2. The van der Waals surface area contributed by atoms with Gasteiger partial charge in [-0.1, -0.05) is 32.0 Å². The Morgan fingerprint density at radius 3 is 2.44 bits per heavy atom. The number of thioether (sulfide) groups is 1. The molecule has 0 aliphatic carbocycles. The summed E-state index contributed by atoms with van der Waals surface area (Å²) in [5.41, 5.74) is 3.72. The fourth-order valence-corrected chi connectivity index (χ4v) is 2.21. The average molecular weight is 265 g/mol. The minimum atomic E-state index is 0.0737. The maximum Gasteiger partial charge on any atom is 0.230 e. The molecule has 0 heterocycles. The number of carbonyl (C=O) groups excluding carboxylic acids is 1. The lowest BCUT2D eigenvalue weighted by molar-refractivity contribution is -0.119. The largest absolute Gasteiger partial charge is 0.349 e. The topological polar surface area (TPSA) is 29.1 Å². The summed E-state index contributed by atoms with van der Waals surface area (Å²) in [6.07, 6.45) is 0. The van der Waals surface area contributed by atoms with Crippen molar-refractivity contribution < 1.29 is 4.79 Å². The third-order valence-electron chi connectivity index (χ3n) is 2.96. The molecule has 0 aliphatic heterocycles. The summed E-state index contributed by atoms with van der Waals surface area (Å²) in [5.74, 6) is 0.645. The quantitative estimate of drug-likeness (QED) is 0.881. The molecule has 1 aromatic rings. The van der Waals surface area contributed by atoms with Gasteiger partial charge in [0.25, 0.3) is 0 Å². The first kappa shape index (κ1) is 15.1. The molecular formula is C15H23NOS. The summed E-state index contributed by atoms with van der Waals surface area (Å²) in [7, 11) is 0. The second-order valence-electron chi connectivity index (χ2n) is 4.99. The number of hydrogen-bond acceptors (Lipinski definition) is 2. The fourth-order valence-electron chi connectivity index (χ4n) is 1.64. The summed E-state index contributed by atoms with van der Waals surface area (Å²) < 4.78 is 0. The molecule has 100 valence electrons. The van der Waals surface area contributed by atoms with E-state index in [4.69, 9.17) is 0 Å². The third kappa shape index (κ3) is 4.73. The van der Waals surface area contributed by atoms with Gasteiger partial charge >= 0.3 is 0 Å². The minimum absolute atomic E-state index is 0.0737. The molecule has 0 radical (unpaired) electrons. The van der Waals surface area contributed by atoms with E-state index in [1.165, 1.54) is 16.7 Å². The van der Waals surface area contributed by atoms with Crippen LogP contribution in [0.5, 0.6) is 0 Å². The Labute approximate surface area is 115 Å². The number of aryl methyl sites for hydroxylation is 2. The van der Waals surface area contributed by atoms with Crippen molar-refractivity contribution in [2.45, 2.75) is 45.9 Å². The first-order chi connectivity index (χ1) is 8.40. The molecule has 1 rings (SSSR count). The van der Waals surface area contributed by atoms with E-state index >= 15 is 0 Å². The van der Waals surface area contributed by atoms with E-state index in [1.54, 1.807) is 11.8 Å². The molecule has 1 unspecified atom stereocenters. The number of carbonyl (C=O) groups is 1. The normalized spacial score (nSPS) is 12.6. The van der Waals surface area contributed by atoms with Gasteiger partial charge in [0.05, 0.1) is 11.8 Å². The number of amides is 1. The van der Waals surface area contributed by atoms with Crippen molar-refractivity contribution in [1.82, 2.24) is 5.32 Å². The molecule has 0 fully saturated rings. The smallest absolute Gasteiger partial charge is 0.230 e. The van der Waals surface area contributed by atoms with Crippen LogP contribution >= 0.6 is 11.8 Å². The SMILES string of the molecule is Cc1ccc(C(C)NC(=O)CSC(C)C)cc1C. The van der Waals surface area contributed by atoms with Gasteiger partial charge in [0.15, 0.2) is 0 Å². The molecule has 0 saturated carbocycles. The summed E-state index contributed by atoms with van der Waals surface area (Å²) >= 11 is 1.67. The second-order valence-corrected chi connectivity index (χ2v) is 6.56. The summed E-state index contributed by atoms with van der Waals surface area (Å²) in [5, 5.41) is 3.53. The first-order valence-electron chi connectivity index (χ1n) is 6.38. The van der Waals surface area contributed by atoms with Gasteiger partial charge < -0.3 is 5.32 Å². The predicted octanol–water partition coefficient (Wildman–Crippen LogP) is 3.62. The van der Waals surface area contributed by atoms with E-state index in [9.17, 15) is 4.79 Å². The van der Waals surface area contributed by atoms with Crippen LogP contribution in [-0.2, 0) is 4.79 Å². The van der Waals surface area contributed by atoms with Crippen molar-refractivity contribution in [2.75, 3.05) is 5.75 Å². The Balaban J connectivity index is 2.56. The summed E-state index contributed by atoms with van der Waals surface area (Å²) in [4.78, 5) is 11.8. The van der Waals surface area contributed by atoms with Gasteiger partial charge in [-0.3, -0.25) is 4.79 Å². The lowest BCUT2D eigenvalue weighted by Gasteiger charge is -2.16. The van der Waals surface area contributed by atoms with E-state index in [2.05, 4.69) is 51.2 Å². The highest BCUT2D eigenvalue weighted by Gasteiger charge is 2.10. The van der Waals surface area contributed by atoms with Crippen LogP contribution in [0.3, 0.4) is 0 Å². The van der Waals surface area contributed by atoms with Gasteiger partial charge in [-0.05, 0) is 42.7 Å². The molecule has 1 amide bonds. The number of rotatable bonds is 5. The molecule has 0 spiro atoms. The molecule has 1 aromatic carbocycles. The van der Waals surface area contributed by atoms with Crippen molar-refractivity contribution in [1.29, 1.82) is 0 Å². The van der Waals surface area contributed by atoms with Gasteiger partial charge in [0.2, 0.25) is 5.91 Å². The number of benzene rings is 1. The van der Waals surface area contributed by atoms with Crippen LogP contribution in [-0.4, -0.2) is 16.9 Å². The highest BCUT2D eigenvalue weighted by molar-refractivity contribution is 8.00. The molecular weight excluding hydrogens is 242 g/mol. The Kier molecular flexibility index (Phi) is 5.73. The number of nitrogens with one attached hydrogen (secondary N) is 1. The van der Waals surface area contributed by atoms with Crippen LogP contribution in [0.15, 0.2) is 18.2 Å². The van der Waals surface area contributed by atoms with Crippen molar-refractivity contribution >= 4 is 17.7 Å². The zero-order valence-electron chi connectivity index (χ0n) is 11.9. The zero-order valence-corrected chi connectivity index (χ0v) is 12.7. The van der Waals surface area contributed by atoms with E-state index < -0.39 is 0 Å². The maximum absolute atomic E-state index is 11.8. The molecule has 0 saturated heterocycles. The summed E-state index contributed by atoms with van der Waals surface area (Å²) in [6, 6.07) is 6.42. The van der Waals surface area contributed by atoms with Crippen molar-refractivity contribution in [3.8, 4) is 0 Å². The van der Waals surface area contributed by atoms with Crippen LogP contribution in [0, 0.1) is 13.8 Å². The van der Waals surface area contributed by atoms with Gasteiger partial charge in [-0.25, -0.2) is 0 Å². The zero-order chi connectivity index (χ0) is 13.7. The molecule has 18 heavy (non-hydrogen) atoms. The van der Waals surface area contributed by atoms with E-state index in [-0.39, 0.29) is 11.9 Å². The third-order valence-corrected chi connectivity index (χ3v) is 4.05. The minimum Gasteiger partial charge on any atom is -0.349 e. The number of hydrogen-bond donors (Lipinski definition) is 1. The average Bonchev–Trinajstić information content (AvgIpc) is 2.30. The Bertz CT molecular complexity index is 415. The lowest BCUT2D eigenvalue weighted by atomic mass is 10.0. The molecule has 1 atom stereocenters. The molecule has 1 N–H and O–H groups in total. The van der Waals surface area contributed by atoms with Gasteiger partial charge in [-0.15, -0.1) is 11.8 Å². The van der Waals surface area contributed by atoms with Crippen LogP contribution < -0.4 is 5.32 Å². The van der Waals surface area contributed by atoms with Crippen LogP contribution in [0.4, 0.5) is 0 Å². The summed E-state index contributed by atoms with van der Waals surface area (Å²) in [6.45, 7) is 10.4. The van der Waals surface area contributed by atoms with Crippen molar-refractivity contribution in [3.63, 3.8) is 0 Å². The molecule has 0 bridgehead atoms. The molecule has 0 aromatic heterocycles. The van der Waals surface area contributed by atoms with E-state index in [0.29, 0.717) is 11.0 Å². The van der Waals surface area contributed by atoms with Gasteiger partial charge in [0, 0.05) is 0 Å². The predicted molar refractivity (Wildman–Crippen MR) is 80.1 cm³/mol. The Morgan fingerprint density at radius 1 is 1.22 bits per heavy atom. The fraction of sp³-hybridized carbons (Fsp3) is 0.533. The van der Waals surface area contributed by atoms with Crippen molar-refractivity contribution in [3.05, 3.63) is 34.9 Å². The maximum atomic E-state index is 11.8. The lowest BCUT2D eigenvalue weighted by Crippen LogP contribution is -2.28. The standard InChI is InChI=1S/C15H23NOS/c1-10(2)18-9-15(17)16-13(5)14-7-6-11(3)12(4)8-14/h6-8,10,13H,9H2,1-5H3,(H,16,17). The highest BCUT2D eigenvalue weighted by Crippen LogP contribution is 2.17. The van der Waals surface area contributed by atoms with E-state index in [1.807, 2.05) is 6.92 Å². The van der Waals surface area contributed by atoms with Crippen LogP contribution in [0.25, 0.3) is 0 Å². The molecule has 3 heteroatoms. The van der Waals surface area contributed by atoms with Crippen LogP contribution in [0.2, 0.25) is 0 Å².